The number of hydrogen-bond donors (Lipinski definition) is 1. The maximum atomic E-state index is 12.4. The first-order chi connectivity index (χ1) is 9.04. The predicted octanol–water partition coefficient (Wildman–Crippen LogP) is 3.47. The van der Waals surface area contributed by atoms with E-state index >= 15 is 0 Å². The quantitative estimate of drug-likeness (QED) is 0.689. The van der Waals surface area contributed by atoms with Crippen LogP contribution in [0.1, 0.15) is 21.5 Å². The van der Waals surface area contributed by atoms with Gasteiger partial charge in [-0.15, -0.1) is 0 Å². The molecule has 0 aromatic heterocycles. The highest BCUT2D eigenvalue weighted by molar-refractivity contribution is 6.35. The fourth-order valence-corrected chi connectivity index (χ4v) is 2.09. The number of halogens is 1. The molecule has 0 heterocycles. The molecule has 98 valence electrons. The number of carbonyl (C=O) groups is 1. The number of ether oxygens (including phenoxy) is 1. The summed E-state index contributed by atoms with van der Waals surface area (Å²) in [5, 5.41) is 0.352. The van der Waals surface area contributed by atoms with Gasteiger partial charge in [0, 0.05) is 16.8 Å². The number of para-hydroxylation sites is 1. The Bertz CT molecular complexity index is 638. The van der Waals surface area contributed by atoms with E-state index in [4.69, 9.17) is 22.1 Å². The second kappa shape index (κ2) is 5.33. The van der Waals surface area contributed by atoms with Gasteiger partial charge in [0.15, 0.2) is 5.78 Å². The number of anilines is 1. The summed E-state index contributed by atoms with van der Waals surface area (Å²) in [7, 11) is 1.55. The maximum Gasteiger partial charge on any atom is 0.196 e. The maximum absolute atomic E-state index is 12.4. The number of rotatable bonds is 3. The lowest BCUT2D eigenvalue weighted by molar-refractivity contribution is 0.103. The summed E-state index contributed by atoms with van der Waals surface area (Å²) < 4.78 is 5.06. The minimum atomic E-state index is -0.186. The van der Waals surface area contributed by atoms with Crippen LogP contribution in [0.15, 0.2) is 36.4 Å². The lowest BCUT2D eigenvalue weighted by Crippen LogP contribution is -2.07. The Balaban J connectivity index is 2.47. The number of benzene rings is 2. The molecule has 0 aliphatic carbocycles. The Morgan fingerprint density at radius 3 is 2.58 bits per heavy atom. The predicted molar refractivity (Wildman–Crippen MR) is 77.0 cm³/mol. The summed E-state index contributed by atoms with van der Waals surface area (Å²) in [6.07, 6.45) is 0. The highest BCUT2D eigenvalue weighted by atomic mass is 35.5. The Morgan fingerprint density at radius 1 is 1.21 bits per heavy atom. The zero-order chi connectivity index (χ0) is 14.0. The van der Waals surface area contributed by atoms with Crippen LogP contribution < -0.4 is 10.5 Å². The summed E-state index contributed by atoms with van der Waals surface area (Å²) >= 11 is 6.10. The molecule has 19 heavy (non-hydrogen) atoms. The second-order valence-electron chi connectivity index (χ2n) is 4.21. The number of carbonyl (C=O) groups excluding carboxylic acids is 1. The van der Waals surface area contributed by atoms with Gasteiger partial charge in [0.2, 0.25) is 0 Å². The van der Waals surface area contributed by atoms with Gasteiger partial charge in [0.25, 0.3) is 0 Å². The summed E-state index contributed by atoms with van der Waals surface area (Å²) in [6.45, 7) is 1.86. The number of hydrogen-bond acceptors (Lipinski definition) is 3. The van der Waals surface area contributed by atoms with E-state index < -0.39 is 0 Å². The molecule has 0 amide bonds. The first-order valence-corrected chi connectivity index (χ1v) is 6.15. The summed E-state index contributed by atoms with van der Waals surface area (Å²) in [5.41, 5.74) is 8.18. The van der Waals surface area contributed by atoms with Gasteiger partial charge in [0.1, 0.15) is 5.75 Å². The van der Waals surface area contributed by atoms with Crippen molar-refractivity contribution in [1.29, 1.82) is 0 Å². The normalized spacial score (nSPS) is 10.3. The largest absolute Gasteiger partial charge is 0.497 e. The number of nitrogen functional groups attached to an aromatic ring is 1. The van der Waals surface area contributed by atoms with Gasteiger partial charge < -0.3 is 10.5 Å². The summed E-state index contributed by atoms with van der Waals surface area (Å²) in [4.78, 5) is 12.4. The molecule has 2 rings (SSSR count). The average molecular weight is 276 g/mol. The molecule has 2 aromatic rings. The number of nitrogens with two attached hydrogens (primary N) is 1. The molecule has 2 aromatic carbocycles. The Kier molecular flexibility index (Phi) is 3.76. The van der Waals surface area contributed by atoms with Crippen molar-refractivity contribution in [2.75, 3.05) is 12.8 Å². The molecule has 0 unspecified atom stereocenters. The zero-order valence-electron chi connectivity index (χ0n) is 10.7. The van der Waals surface area contributed by atoms with Crippen LogP contribution in [0, 0.1) is 6.92 Å². The van der Waals surface area contributed by atoms with E-state index in [1.165, 1.54) is 0 Å². The topological polar surface area (TPSA) is 52.3 Å². The molecular weight excluding hydrogens is 262 g/mol. The van der Waals surface area contributed by atoms with Gasteiger partial charge in [-0.05, 0) is 36.8 Å². The lowest BCUT2D eigenvalue weighted by atomic mass is 9.99. The Hall–Kier alpha value is -2.00. The minimum Gasteiger partial charge on any atom is -0.497 e. The van der Waals surface area contributed by atoms with Crippen molar-refractivity contribution in [3.05, 3.63) is 58.1 Å². The second-order valence-corrected chi connectivity index (χ2v) is 4.62. The van der Waals surface area contributed by atoms with Gasteiger partial charge in [-0.2, -0.15) is 0 Å². The van der Waals surface area contributed by atoms with Crippen LogP contribution in [0.2, 0.25) is 5.02 Å². The highest BCUT2D eigenvalue weighted by Gasteiger charge is 2.16. The van der Waals surface area contributed by atoms with E-state index in [9.17, 15) is 4.79 Å². The van der Waals surface area contributed by atoms with E-state index in [1.54, 1.807) is 37.4 Å². The van der Waals surface area contributed by atoms with Gasteiger partial charge in [0.05, 0.1) is 12.1 Å². The van der Waals surface area contributed by atoms with Crippen molar-refractivity contribution < 1.29 is 9.53 Å². The van der Waals surface area contributed by atoms with Gasteiger partial charge >= 0.3 is 0 Å². The molecule has 0 bridgehead atoms. The molecule has 0 spiro atoms. The lowest BCUT2D eigenvalue weighted by Gasteiger charge is -2.09. The van der Waals surface area contributed by atoms with Crippen molar-refractivity contribution in [3.8, 4) is 5.75 Å². The Morgan fingerprint density at radius 2 is 1.95 bits per heavy atom. The number of aryl methyl sites for hydroxylation is 1. The van der Waals surface area contributed by atoms with Gasteiger partial charge in [-0.1, -0.05) is 23.7 Å². The number of ketones is 1. The third kappa shape index (κ3) is 2.56. The molecule has 0 aliphatic rings. The van der Waals surface area contributed by atoms with Crippen molar-refractivity contribution in [2.24, 2.45) is 0 Å². The molecular formula is C15H14ClNO2. The van der Waals surface area contributed by atoms with E-state index in [1.807, 2.05) is 13.0 Å². The van der Waals surface area contributed by atoms with Crippen LogP contribution in [-0.4, -0.2) is 12.9 Å². The van der Waals surface area contributed by atoms with Crippen molar-refractivity contribution >= 4 is 23.1 Å². The smallest absolute Gasteiger partial charge is 0.196 e. The van der Waals surface area contributed by atoms with Crippen molar-refractivity contribution in [3.63, 3.8) is 0 Å². The van der Waals surface area contributed by atoms with Gasteiger partial charge in [-0.25, -0.2) is 0 Å². The van der Waals surface area contributed by atoms with E-state index in [0.717, 1.165) is 5.56 Å². The third-order valence-corrected chi connectivity index (χ3v) is 3.30. The Labute approximate surface area is 117 Å². The molecule has 4 heteroatoms. The van der Waals surface area contributed by atoms with Crippen LogP contribution >= 0.6 is 11.6 Å². The molecule has 2 N–H and O–H groups in total. The van der Waals surface area contributed by atoms with Crippen LogP contribution in [-0.2, 0) is 0 Å². The van der Waals surface area contributed by atoms with E-state index in [0.29, 0.717) is 27.6 Å². The molecule has 0 radical (unpaired) electrons. The molecule has 3 nitrogen and oxygen atoms in total. The van der Waals surface area contributed by atoms with Crippen LogP contribution in [0.5, 0.6) is 5.75 Å². The van der Waals surface area contributed by atoms with Crippen LogP contribution in [0.25, 0.3) is 0 Å². The van der Waals surface area contributed by atoms with E-state index in [-0.39, 0.29) is 5.78 Å². The van der Waals surface area contributed by atoms with Crippen molar-refractivity contribution in [2.45, 2.75) is 6.92 Å². The third-order valence-electron chi connectivity index (χ3n) is 2.99. The fourth-order valence-electron chi connectivity index (χ4n) is 1.83. The molecule has 0 atom stereocenters. The first kappa shape index (κ1) is 13.4. The van der Waals surface area contributed by atoms with Crippen LogP contribution in [0.4, 0.5) is 5.69 Å². The van der Waals surface area contributed by atoms with Crippen molar-refractivity contribution in [1.82, 2.24) is 0 Å². The van der Waals surface area contributed by atoms with Crippen LogP contribution in [0.3, 0.4) is 0 Å². The number of methoxy groups -OCH3 is 1. The summed E-state index contributed by atoms with van der Waals surface area (Å²) in [5.74, 6) is 0.424. The minimum absolute atomic E-state index is 0.186. The summed E-state index contributed by atoms with van der Waals surface area (Å²) in [6, 6.07) is 10.3. The molecule has 0 fully saturated rings. The van der Waals surface area contributed by atoms with E-state index in [2.05, 4.69) is 0 Å². The fraction of sp³-hybridized carbons (Fsp3) is 0.133. The average Bonchev–Trinajstić information content (AvgIpc) is 2.41. The highest BCUT2D eigenvalue weighted by Crippen LogP contribution is 2.27. The molecule has 0 aliphatic heterocycles. The standard InChI is InChI=1S/C15H14ClNO2/c1-9-4-3-5-12(14(9)17)15(18)11-7-6-10(19-2)8-13(11)16/h3-8H,17H2,1-2H3. The molecule has 0 saturated carbocycles. The van der Waals surface area contributed by atoms with Gasteiger partial charge in [-0.3, -0.25) is 4.79 Å². The first-order valence-electron chi connectivity index (χ1n) is 5.78. The monoisotopic (exact) mass is 275 g/mol. The SMILES string of the molecule is COc1ccc(C(=O)c2cccc(C)c2N)c(Cl)c1. The zero-order valence-corrected chi connectivity index (χ0v) is 11.5. The molecule has 0 saturated heterocycles.